The molecule has 1 N–H and O–H groups in total. The molecule has 94 valence electrons. The van der Waals surface area contributed by atoms with Gasteiger partial charge in [0.25, 0.3) is 0 Å². The summed E-state index contributed by atoms with van der Waals surface area (Å²) in [4.78, 5) is 26.2. The fourth-order valence-corrected chi connectivity index (χ4v) is 2.37. The van der Waals surface area contributed by atoms with Crippen LogP contribution in [-0.4, -0.2) is 17.1 Å². The van der Waals surface area contributed by atoms with Gasteiger partial charge in [-0.25, -0.2) is 4.79 Å². The number of hydrogen-bond donors (Lipinski definition) is 1. The highest BCUT2D eigenvalue weighted by Gasteiger charge is 2.19. The Labute approximate surface area is 108 Å². The summed E-state index contributed by atoms with van der Waals surface area (Å²) < 4.78 is 5.11. The fourth-order valence-electron chi connectivity index (χ4n) is 1.54. The lowest BCUT2D eigenvalue weighted by atomic mass is 10.1. The van der Waals surface area contributed by atoms with E-state index in [0.29, 0.717) is 4.88 Å². The van der Waals surface area contributed by atoms with Crippen LogP contribution in [0.5, 0.6) is 0 Å². The zero-order valence-corrected chi connectivity index (χ0v) is 10.9. The smallest absolute Gasteiger partial charge is 0.356 e. The van der Waals surface area contributed by atoms with E-state index in [2.05, 4.69) is 4.98 Å². The molecule has 18 heavy (non-hydrogen) atoms. The number of carbonyl (C=O) groups is 1. The van der Waals surface area contributed by atoms with E-state index in [4.69, 9.17) is 4.74 Å². The first kappa shape index (κ1) is 12.6. The van der Waals surface area contributed by atoms with E-state index in [1.165, 1.54) is 0 Å². The van der Waals surface area contributed by atoms with Crippen molar-refractivity contribution < 1.29 is 9.53 Å². The summed E-state index contributed by atoms with van der Waals surface area (Å²) in [5, 5.41) is 0. The summed E-state index contributed by atoms with van der Waals surface area (Å²) in [5.74, 6) is -0.498. The average Bonchev–Trinajstić information content (AvgIpc) is 2.72. The van der Waals surface area contributed by atoms with E-state index in [1.54, 1.807) is 13.8 Å². The SMILES string of the molecule is CC(C)OC(=O)c1[nH]c(=O)sc1-c1ccccc1. The molecule has 5 heteroatoms. The molecule has 2 aromatic rings. The highest BCUT2D eigenvalue weighted by atomic mass is 32.1. The molecule has 0 saturated carbocycles. The first-order valence-corrected chi connectivity index (χ1v) is 6.39. The van der Waals surface area contributed by atoms with Gasteiger partial charge in [-0.3, -0.25) is 4.79 Å². The van der Waals surface area contributed by atoms with Crippen LogP contribution in [0.2, 0.25) is 0 Å². The molecule has 0 fully saturated rings. The van der Waals surface area contributed by atoms with Crippen molar-refractivity contribution in [3.05, 3.63) is 45.7 Å². The van der Waals surface area contributed by atoms with Crippen LogP contribution < -0.4 is 4.87 Å². The molecule has 1 aromatic carbocycles. The molecule has 0 aliphatic carbocycles. The summed E-state index contributed by atoms with van der Waals surface area (Å²) in [7, 11) is 0. The molecule has 0 amide bonds. The molecule has 0 radical (unpaired) electrons. The zero-order chi connectivity index (χ0) is 13.1. The number of benzene rings is 1. The molecular weight excluding hydrogens is 250 g/mol. The normalized spacial score (nSPS) is 10.6. The third kappa shape index (κ3) is 2.68. The van der Waals surface area contributed by atoms with Crippen LogP contribution in [0.1, 0.15) is 24.3 Å². The van der Waals surface area contributed by atoms with Gasteiger partial charge >= 0.3 is 10.8 Å². The van der Waals surface area contributed by atoms with Gasteiger partial charge in [-0.1, -0.05) is 41.7 Å². The van der Waals surface area contributed by atoms with Crippen molar-refractivity contribution in [2.75, 3.05) is 0 Å². The van der Waals surface area contributed by atoms with Crippen LogP contribution in [0.25, 0.3) is 10.4 Å². The Morgan fingerprint density at radius 2 is 1.94 bits per heavy atom. The second-order valence-electron chi connectivity index (χ2n) is 4.04. The van der Waals surface area contributed by atoms with Crippen molar-refractivity contribution in [3.8, 4) is 10.4 Å². The van der Waals surface area contributed by atoms with Gasteiger partial charge in [0, 0.05) is 0 Å². The minimum Gasteiger partial charge on any atom is -0.458 e. The second kappa shape index (κ2) is 5.18. The quantitative estimate of drug-likeness (QED) is 0.866. The molecule has 4 nitrogen and oxygen atoms in total. The highest BCUT2D eigenvalue weighted by molar-refractivity contribution is 7.13. The van der Waals surface area contributed by atoms with Crippen LogP contribution in [0.4, 0.5) is 0 Å². The zero-order valence-electron chi connectivity index (χ0n) is 10.1. The molecule has 1 heterocycles. The number of thiazole rings is 1. The van der Waals surface area contributed by atoms with Crippen LogP contribution >= 0.6 is 11.3 Å². The fraction of sp³-hybridized carbons (Fsp3) is 0.231. The molecule has 0 bridgehead atoms. The lowest BCUT2D eigenvalue weighted by Crippen LogP contribution is -2.13. The summed E-state index contributed by atoms with van der Waals surface area (Å²) >= 11 is 1.01. The van der Waals surface area contributed by atoms with Gasteiger partial charge in [0.1, 0.15) is 5.69 Å². The van der Waals surface area contributed by atoms with Crippen molar-refractivity contribution in [1.29, 1.82) is 0 Å². The van der Waals surface area contributed by atoms with Crippen LogP contribution in [0, 0.1) is 0 Å². The van der Waals surface area contributed by atoms with Gasteiger partial charge in [-0.15, -0.1) is 0 Å². The van der Waals surface area contributed by atoms with Gasteiger partial charge in [0.05, 0.1) is 11.0 Å². The minimum absolute atomic E-state index is 0.218. The summed E-state index contributed by atoms with van der Waals surface area (Å²) in [6.07, 6.45) is -0.218. The molecule has 1 aromatic heterocycles. The van der Waals surface area contributed by atoms with Gasteiger partial charge in [0.15, 0.2) is 0 Å². The Bertz CT molecular complexity index is 598. The Balaban J connectivity index is 2.44. The van der Waals surface area contributed by atoms with Crippen molar-refractivity contribution in [2.45, 2.75) is 20.0 Å². The predicted molar refractivity (Wildman–Crippen MR) is 70.9 cm³/mol. The van der Waals surface area contributed by atoms with E-state index in [0.717, 1.165) is 16.9 Å². The third-order valence-electron chi connectivity index (χ3n) is 2.23. The van der Waals surface area contributed by atoms with Crippen molar-refractivity contribution in [1.82, 2.24) is 4.98 Å². The van der Waals surface area contributed by atoms with Crippen molar-refractivity contribution in [2.24, 2.45) is 0 Å². The Morgan fingerprint density at radius 1 is 1.28 bits per heavy atom. The maximum absolute atomic E-state index is 11.9. The number of rotatable bonds is 3. The van der Waals surface area contributed by atoms with E-state index in [1.807, 2.05) is 30.3 Å². The van der Waals surface area contributed by atoms with Crippen molar-refractivity contribution in [3.63, 3.8) is 0 Å². The molecule has 2 rings (SSSR count). The average molecular weight is 263 g/mol. The Hall–Kier alpha value is -1.88. The van der Waals surface area contributed by atoms with Gasteiger partial charge in [-0.05, 0) is 19.4 Å². The molecule has 0 spiro atoms. The monoisotopic (exact) mass is 263 g/mol. The number of esters is 1. The number of aromatic amines is 1. The van der Waals surface area contributed by atoms with E-state index in [9.17, 15) is 9.59 Å². The van der Waals surface area contributed by atoms with E-state index >= 15 is 0 Å². The van der Waals surface area contributed by atoms with Crippen LogP contribution in [0.3, 0.4) is 0 Å². The highest BCUT2D eigenvalue weighted by Crippen LogP contribution is 2.25. The molecule has 0 aliphatic rings. The van der Waals surface area contributed by atoms with Gasteiger partial charge in [0.2, 0.25) is 0 Å². The third-order valence-corrected chi connectivity index (χ3v) is 3.16. The lowest BCUT2D eigenvalue weighted by molar-refractivity contribution is 0.0372. The van der Waals surface area contributed by atoms with Crippen molar-refractivity contribution >= 4 is 17.3 Å². The number of H-pyrrole nitrogens is 1. The number of carbonyl (C=O) groups excluding carboxylic acids is 1. The van der Waals surface area contributed by atoms with Crippen LogP contribution in [0.15, 0.2) is 35.1 Å². The maximum Gasteiger partial charge on any atom is 0.356 e. The second-order valence-corrected chi connectivity index (χ2v) is 5.02. The molecule has 0 atom stereocenters. The minimum atomic E-state index is -0.498. The Morgan fingerprint density at radius 3 is 2.56 bits per heavy atom. The Kier molecular flexibility index (Phi) is 3.62. The first-order chi connectivity index (χ1) is 8.58. The summed E-state index contributed by atoms with van der Waals surface area (Å²) in [6.45, 7) is 3.54. The van der Waals surface area contributed by atoms with E-state index < -0.39 is 5.97 Å². The molecule has 0 unspecified atom stereocenters. The lowest BCUT2D eigenvalue weighted by Gasteiger charge is -2.07. The van der Waals surface area contributed by atoms with Gasteiger partial charge < -0.3 is 9.72 Å². The maximum atomic E-state index is 11.9. The largest absolute Gasteiger partial charge is 0.458 e. The predicted octanol–water partition coefficient (Wildman–Crippen LogP) is 2.67. The first-order valence-electron chi connectivity index (χ1n) is 5.57. The number of nitrogens with one attached hydrogen (secondary N) is 1. The standard InChI is InChI=1S/C13H13NO3S/c1-8(2)17-12(15)10-11(18-13(16)14-10)9-6-4-3-5-7-9/h3-8H,1-2H3,(H,14,16). The number of ether oxygens (including phenoxy) is 1. The number of aromatic nitrogens is 1. The number of hydrogen-bond acceptors (Lipinski definition) is 4. The molecular formula is C13H13NO3S. The molecule has 0 aliphatic heterocycles. The van der Waals surface area contributed by atoms with E-state index in [-0.39, 0.29) is 16.7 Å². The summed E-state index contributed by atoms with van der Waals surface area (Å²) in [6, 6.07) is 9.30. The summed E-state index contributed by atoms with van der Waals surface area (Å²) in [5.41, 5.74) is 1.06. The van der Waals surface area contributed by atoms with Gasteiger partial charge in [-0.2, -0.15) is 0 Å². The topological polar surface area (TPSA) is 59.2 Å². The molecule has 0 saturated heterocycles. The van der Waals surface area contributed by atoms with Crippen LogP contribution in [-0.2, 0) is 4.74 Å².